The van der Waals surface area contributed by atoms with Gasteiger partial charge < -0.3 is 14.4 Å². The number of hydrogen-bond acceptors (Lipinski definition) is 3. The molecular formula is C28H34N4O2. The van der Waals surface area contributed by atoms with Crippen LogP contribution in [-0.2, 0) is 16.1 Å². The summed E-state index contributed by atoms with van der Waals surface area (Å²) in [6.45, 7) is 7.09. The van der Waals surface area contributed by atoms with Gasteiger partial charge in [0, 0.05) is 50.6 Å². The normalized spacial score (nSPS) is 19.1. The maximum Gasteiger partial charge on any atom is 0.227 e. The third-order valence-corrected chi connectivity index (χ3v) is 7.33. The van der Waals surface area contributed by atoms with Crippen LogP contribution in [-0.4, -0.2) is 45.9 Å². The first-order valence-electron chi connectivity index (χ1n) is 12.6. The van der Waals surface area contributed by atoms with Crippen molar-refractivity contribution < 1.29 is 9.59 Å². The molecule has 6 heteroatoms. The molecule has 1 unspecified atom stereocenters. The molecule has 0 saturated carbocycles. The molecule has 0 spiro atoms. The number of aromatic nitrogens is 2. The highest BCUT2D eigenvalue weighted by Crippen LogP contribution is 2.35. The Labute approximate surface area is 201 Å². The van der Waals surface area contributed by atoms with E-state index in [1.54, 1.807) is 0 Å². The van der Waals surface area contributed by atoms with Crippen LogP contribution in [0.5, 0.6) is 0 Å². The van der Waals surface area contributed by atoms with Crippen molar-refractivity contribution in [3.05, 3.63) is 59.4 Å². The molecule has 6 nitrogen and oxygen atoms in total. The standard InChI is InChI=1S/C28H34N4O2/c1-20-11-12-24(21(2)17-20)32-19-22(18-27(32)34)28-29-23-9-5-6-10-25(23)31(28)16-13-26(33)30-14-7-3-4-8-15-30/h5-6,9-12,17,22H,3-4,7-8,13-16,18-19H2,1-2H3. The lowest BCUT2D eigenvalue weighted by molar-refractivity contribution is -0.131. The molecule has 1 atom stereocenters. The molecule has 2 aliphatic heterocycles. The lowest BCUT2D eigenvalue weighted by Crippen LogP contribution is -2.32. The number of imidazole rings is 1. The number of rotatable bonds is 5. The predicted octanol–water partition coefficient (Wildman–Crippen LogP) is 4.97. The van der Waals surface area contributed by atoms with Crippen molar-refractivity contribution in [1.82, 2.24) is 14.5 Å². The molecule has 0 radical (unpaired) electrons. The van der Waals surface area contributed by atoms with Gasteiger partial charge in [0.05, 0.1) is 11.0 Å². The minimum absolute atomic E-state index is 0.00823. The monoisotopic (exact) mass is 458 g/mol. The van der Waals surface area contributed by atoms with E-state index in [2.05, 4.69) is 36.6 Å². The van der Waals surface area contributed by atoms with Crippen LogP contribution < -0.4 is 4.90 Å². The zero-order chi connectivity index (χ0) is 23.7. The summed E-state index contributed by atoms with van der Waals surface area (Å²) in [5, 5.41) is 0. The van der Waals surface area contributed by atoms with Crippen LogP contribution >= 0.6 is 0 Å². The van der Waals surface area contributed by atoms with Crippen molar-refractivity contribution in [3.8, 4) is 0 Å². The molecule has 178 valence electrons. The van der Waals surface area contributed by atoms with Crippen molar-refractivity contribution in [2.24, 2.45) is 0 Å². The minimum atomic E-state index is 0.00823. The number of carbonyl (C=O) groups is 2. The summed E-state index contributed by atoms with van der Waals surface area (Å²) in [6.07, 6.45) is 5.54. The lowest BCUT2D eigenvalue weighted by atomic mass is 10.1. The largest absolute Gasteiger partial charge is 0.343 e. The zero-order valence-electron chi connectivity index (χ0n) is 20.3. The molecule has 0 N–H and O–H groups in total. The molecule has 0 bridgehead atoms. The number of nitrogens with zero attached hydrogens (tertiary/aromatic N) is 4. The molecule has 2 fully saturated rings. The summed E-state index contributed by atoms with van der Waals surface area (Å²) in [7, 11) is 0. The number of hydrogen-bond donors (Lipinski definition) is 0. The van der Waals surface area contributed by atoms with Crippen LogP contribution in [0.25, 0.3) is 11.0 Å². The zero-order valence-corrected chi connectivity index (χ0v) is 20.3. The van der Waals surface area contributed by atoms with Gasteiger partial charge in [-0.05, 0) is 50.5 Å². The van der Waals surface area contributed by atoms with Gasteiger partial charge >= 0.3 is 0 Å². The minimum Gasteiger partial charge on any atom is -0.343 e. The molecule has 2 aromatic carbocycles. The highest BCUT2D eigenvalue weighted by molar-refractivity contribution is 5.97. The predicted molar refractivity (Wildman–Crippen MR) is 135 cm³/mol. The van der Waals surface area contributed by atoms with E-state index in [-0.39, 0.29) is 17.7 Å². The second-order valence-corrected chi connectivity index (χ2v) is 9.85. The van der Waals surface area contributed by atoms with E-state index in [9.17, 15) is 9.59 Å². The quantitative estimate of drug-likeness (QED) is 0.543. The average molecular weight is 459 g/mol. The summed E-state index contributed by atoms with van der Waals surface area (Å²) in [4.78, 5) is 35.0. The van der Waals surface area contributed by atoms with Crippen molar-refractivity contribution in [2.75, 3.05) is 24.5 Å². The van der Waals surface area contributed by atoms with Crippen molar-refractivity contribution in [2.45, 2.75) is 64.8 Å². The van der Waals surface area contributed by atoms with Crippen molar-refractivity contribution >= 4 is 28.5 Å². The van der Waals surface area contributed by atoms with Gasteiger partial charge in [-0.3, -0.25) is 9.59 Å². The Balaban J connectivity index is 1.39. The third kappa shape index (κ3) is 4.46. The first kappa shape index (κ1) is 22.6. The molecule has 3 aromatic rings. The van der Waals surface area contributed by atoms with E-state index < -0.39 is 0 Å². The molecule has 5 rings (SSSR count). The molecule has 3 heterocycles. The van der Waals surface area contributed by atoms with E-state index >= 15 is 0 Å². The van der Waals surface area contributed by atoms with Gasteiger partial charge in [0.1, 0.15) is 5.82 Å². The van der Waals surface area contributed by atoms with Crippen LogP contribution in [0.4, 0.5) is 5.69 Å². The summed E-state index contributed by atoms with van der Waals surface area (Å²) < 4.78 is 2.19. The fraction of sp³-hybridized carbons (Fsp3) is 0.464. The first-order valence-corrected chi connectivity index (χ1v) is 12.6. The Morgan fingerprint density at radius 1 is 1.03 bits per heavy atom. The van der Waals surface area contributed by atoms with E-state index in [4.69, 9.17) is 4.98 Å². The summed E-state index contributed by atoms with van der Waals surface area (Å²) in [6, 6.07) is 14.3. The second-order valence-electron chi connectivity index (χ2n) is 9.85. The van der Waals surface area contributed by atoms with Crippen LogP contribution in [0, 0.1) is 13.8 Å². The van der Waals surface area contributed by atoms with Gasteiger partial charge in [-0.25, -0.2) is 4.98 Å². The van der Waals surface area contributed by atoms with Gasteiger partial charge in [0.25, 0.3) is 0 Å². The van der Waals surface area contributed by atoms with Crippen LogP contribution in [0.3, 0.4) is 0 Å². The number of carbonyl (C=O) groups excluding carboxylic acids is 2. The summed E-state index contributed by atoms with van der Waals surface area (Å²) >= 11 is 0. The number of fused-ring (bicyclic) bond motifs is 1. The number of anilines is 1. The summed E-state index contributed by atoms with van der Waals surface area (Å²) in [5.74, 6) is 1.29. The van der Waals surface area contributed by atoms with E-state index in [1.807, 2.05) is 34.1 Å². The third-order valence-electron chi connectivity index (χ3n) is 7.33. The fourth-order valence-corrected chi connectivity index (χ4v) is 5.55. The molecular weight excluding hydrogens is 424 g/mol. The number of likely N-dealkylation sites (tertiary alicyclic amines) is 1. The molecule has 2 aliphatic rings. The SMILES string of the molecule is Cc1ccc(N2CC(c3nc4ccccc4n3CCC(=O)N3CCCCCC3)CC2=O)c(C)c1. The number of aryl methyl sites for hydroxylation is 3. The highest BCUT2D eigenvalue weighted by atomic mass is 16.2. The maximum atomic E-state index is 13.1. The van der Waals surface area contributed by atoms with Gasteiger partial charge in [-0.1, -0.05) is 42.7 Å². The molecule has 2 saturated heterocycles. The Bertz CT molecular complexity index is 1210. The van der Waals surface area contributed by atoms with Gasteiger partial charge in [0.2, 0.25) is 11.8 Å². The summed E-state index contributed by atoms with van der Waals surface area (Å²) in [5.41, 5.74) is 5.26. The molecule has 1 aromatic heterocycles. The first-order chi connectivity index (χ1) is 16.5. The van der Waals surface area contributed by atoms with Crippen molar-refractivity contribution in [1.29, 1.82) is 0 Å². The Morgan fingerprint density at radius 3 is 2.56 bits per heavy atom. The van der Waals surface area contributed by atoms with Gasteiger partial charge in [-0.15, -0.1) is 0 Å². The fourth-order valence-electron chi connectivity index (χ4n) is 5.55. The van der Waals surface area contributed by atoms with E-state index in [0.29, 0.717) is 25.9 Å². The second kappa shape index (κ2) is 9.61. The Kier molecular flexibility index (Phi) is 6.40. The van der Waals surface area contributed by atoms with Gasteiger partial charge in [-0.2, -0.15) is 0 Å². The van der Waals surface area contributed by atoms with Crippen LogP contribution in [0.15, 0.2) is 42.5 Å². The lowest BCUT2D eigenvalue weighted by Gasteiger charge is -2.21. The van der Waals surface area contributed by atoms with E-state index in [0.717, 1.165) is 54.0 Å². The average Bonchev–Trinajstić information content (AvgIpc) is 3.25. The highest BCUT2D eigenvalue weighted by Gasteiger charge is 2.35. The molecule has 34 heavy (non-hydrogen) atoms. The van der Waals surface area contributed by atoms with Crippen LogP contribution in [0.1, 0.15) is 61.4 Å². The van der Waals surface area contributed by atoms with Crippen molar-refractivity contribution in [3.63, 3.8) is 0 Å². The van der Waals surface area contributed by atoms with Gasteiger partial charge in [0.15, 0.2) is 0 Å². The molecule has 2 amide bonds. The topological polar surface area (TPSA) is 58.4 Å². The maximum absolute atomic E-state index is 13.1. The smallest absolute Gasteiger partial charge is 0.227 e. The number of amides is 2. The molecule has 0 aliphatic carbocycles. The number of para-hydroxylation sites is 2. The van der Waals surface area contributed by atoms with E-state index in [1.165, 1.54) is 18.4 Å². The van der Waals surface area contributed by atoms with Crippen LogP contribution in [0.2, 0.25) is 0 Å². The number of benzene rings is 2. The Morgan fingerprint density at radius 2 is 1.79 bits per heavy atom. The Hall–Kier alpha value is -3.15.